The fourth-order valence-corrected chi connectivity index (χ4v) is 2.05. The Labute approximate surface area is 117 Å². The van der Waals surface area contributed by atoms with Crippen LogP contribution in [0.25, 0.3) is 10.9 Å². The maximum Gasteiger partial charge on any atom is 0.257 e. The van der Waals surface area contributed by atoms with Crippen molar-refractivity contribution in [1.82, 2.24) is 15.0 Å². The summed E-state index contributed by atoms with van der Waals surface area (Å²) in [5.41, 5.74) is 1.53. The van der Waals surface area contributed by atoms with Crippen molar-refractivity contribution in [2.24, 2.45) is 0 Å². The lowest BCUT2D eigenvalue weighted by atomic mass is 10.1. The number of hydrogen-bond donors (Lipinski definition) is 2. The highest BCUT2D eigenvalue weighted by Gasteiger charge is 2.11. The summed E-state index contributed by atoms with van der Waals surface area (Å²) in [4.78, 5) is 23.4. The number of fused-ring (bicyclic) bond motifs is 1. The predicted octanol–water partition coefficient (Wildman–Crippen LogP) is 2.97. The minimum absolute atomic E-state index is 0.207. The van der Waals surface area contributed by atoms with Crippen LogP contribution in [0.2, 0.25) is 0 Å². The number of hydrogen-bond acceptors (Lipinski definition) is 3. The van der Waals surface area contributed by atoms with E-state index in [1.807, 2.05) is 18.2 Å². The molecule has 0 spiro atoms. The summed E-state index contributed by atoms with van der Waals surface area (Å²) >= 11 is 3.19. The average molecular weight is 317 g/mol. The molecule has 5 nitrogen and oxygen atoms in total. The molecule has 0 bridgehead atoms. The summed E-state index contributed by atoms with van der Waals surface area (Å²) in [6, 6.07) is 7.40. The number of nitrogens with zero attached hydrogens (tertiary/aromatic N) is 2. The number of aromatic amines is 1. The number of amides is 1. The first-order chi connectivity index (χ1) is 9.24. The Kier molecular flexibility index (Phi) is 3.00. The van der Waals surface area contributed by atoms with Crippen LogP contribution in [-0.4, -0.2) is 20.9 Å². The van der Waals surface area contributed by atoms with Gasteiger partial charge in [0.25, 0.3) is 5.91 Å². The number of benzene rings is 1. The number of anilines is 1. The molecule has 0 aliphatic carbocycles. The lowest BCUT2D eigenvalue weighted by Gasteiger charge is -2.05. The van der Waals surface area contributed by atoms with Gasteiger partial charge < -0.3 is 10.3 Å². The fraction of sp³-hybridized carbons (Fsp3) is 0. The van der Waals surface area contributed by atoms with Gasteiger partial charge in [-0.15, -0.1) is 0 Å². The minimum atomic E-state index is -0.207. The Morgan fingerprint density at radius 3 is 2.89 bits per heavy atom. The third kappa shape index (κ3) is 2.34. The van der Waals surface area contributed by atoms with E-state index in [1.165, 1.54) is 12.4 Å². The molecule has 19 heavy (non-hydrogen) atoms. The molecule has 2 aromatic heterocycles. The van der Waals surface area contributed by atoms with E-state index in [0.29, 0.717) is 16.0 Å². The molecule has 1 amide bonds. The van der Waals surface area contributed by atoms with Crippen LogP contribution in [0.3, 0.4) is 0 Å². The molecule has 0 aliphatic heterocycles. The van der Waals surface area contributed by atoms with E-state index in [4.69, 9.17) is 0 Å². The molecule has 3 aromatic rings. The van der Waals surface area contributed by atoms with Gasteiger partial charge in [0.15, 0.2) is 5.82 Å². The van der Waals surface area contributed by atoms with Gasteiger partial charge in [0, 0.05) is 22.7 Å². The molecule has 0 saturated carbocycles. The van der Waals surface area contributed by atoms with Crippen LogP contribution in [0.1, 0.15) is 10.4 Å². The Bertz CT molecular complexity index is 736. The molecule has 0 aliphatic rings. The average Bonchev–Trinajstić information content (AvgIpc) is 2.89. The zero-order chi connectivity index (χ0) is 13.2. The van der Waals surface area contributed by atoms with Crippen molar-refractivity contribution in [2.75, 3.05) is 5.32 Å². The molecule has 0 saturated heterocycles. The third-order valence-electron chi connectivity index (χ3n) is 2.70. The molecule has 0 unspecified atom stereocenters. The Balaban J connectivity index is 1.92. The second-order valence-electron chi connectivity index (χ2n) is 3.92. The summed E-state index contributed by atoms with van der Waals surface area (Å²) in [5, 5.41) is 3.60. The normalized spacial score (nSPS) is 10.6. The van der Waals surface area contributed by atoms with Gasteiger partial charge in [0.1, 0.15) is 4.60 Å². The van der Waals surface area contributed by atoms with E-state index < -0.39 is 0 Å². The highest BCUT2D eigenvalue weighted by molar-refractivity contribution is 9.10. The molecule has 2 heterocycles. The number of rotatable bonds is 2. The first kappa shape index (κ1) is 11.9. The van der Waals surface area contributed by atoms with Crippen molar-refractivity contribution in [3.8, 4) is 0 Å². The van der Waals surface area contributed by atoms with Gasteiger partial charge in [-0.05, 0) is 34.1 Å². The van der Waals surface area contributed by atoms with E-state index in [2.05, 4.69) is 36.2 Å². The number of aromatic nitrogens is 3. The SMILES string of the molecule is O=C(Nc1cnc(Br)cn1)c1cccc2[nH]ccc12. The predicted molar refractivity (Wildman–Crippen MR) is 76.0 cm³/mol. The number of nitrogens with one attached hydrogen (secondary N) is 2. The van der Waals surface area contributed by atoms with E-state index in [-0.39, 0.29) is 5.91 Å². The Hall–Kier alpha value is -2.21. The first-order valence-electron chi connectivity index (χ1n) is 5.59. The van der Waals surface area contributed by atoms with Gasteiger partial charge in [-0.2, -0.15) is 0 Å². The summed E-state index contributed by atoms with van der Waals surface area (Å²) < 4.78 is 0.623. The monoisotopic (exact) mass is 316 g/mol. The van der Waals surface area contributed by atoms with E-state index >= 15 is 0 Å². The van der Waals surface area contributed by atoms with Gasteiger partial charge in [0.05, 0.1) is 12.4 Å². The third-order valence-corrected chi connectivity index (χ3v) is 3.11. The standard InChI is InChI=1S/C13H9BrN4O/c14-11-6-17-12(7-16-11)18-13(19)9-2-1-3-10-8(9)4-5-15-10/h1-7,15H,(H,17,18,19). The molecular weight excluding hydrogens is 308 g/mol. The molecule has 0 radical (unpaired) electrons. The van der Waals surface area contributed by atoms with Crippen molar-refractivity contribution in [3.63, 3.8) is 0 Å². The lowest BCUT2D eigenvalue weighted by molar-refractivity contribution is 0.102. The van der Waals surface area contributed by atoms with Crippen LogP contribution in [0.15, 0.2) is 47.5 Å². The summed E-state index contributed by atoms with van der Waals surface area (Å²) in [7, 11) is 0. The van der Waals surface area contributed by atoms with Crippen molar-refractivity contribution in [2.45, 2.75) is 0 Å². The topological polar surface area (TPSA) is 70.7 Å². The van der Waals surface area contributed by atoms with Crippen LogP contribution in [0.4, 0.5) is 5.82 Å². The molecule has 3 rings (SSSR count). The highest BCUT2D eigenvalue weighted by atomic mass is 79.9. The zero-order valence-electron chi connectivity index (χ0n) is 9.72. The number of carbonyl (C=O) groups excluding carboxylic acids is 1. The second kappa shape index (κ2) is 4.81. The van der Waals surface area contributed by atoms with Crippen molar-refractivity contribution < 1.29 is 4.79 Å². The highest BCUT2D eigenvalue weighted by Crippen LogP contribution is 2.18. The van der Waals surface area contributed by atoms with Gasteiger partial charge in [0.2, 0.25) is 0 Å². The summed E-state index contributed by atoms with van der Waals surface area (Å²) in [5.74, 6) is 0.211. The summed E-state index contributed by atoms with van der Waals surface area (Å²) in [6.07, 6.45) is 4.84. The van der Waals surface area contributed by atoms with E-state index in [0.717, 1.165) is 10.9 Å². The summed E-state index contributed by atoms with van der Waals surface area (Å²) in [6.45, 7) is 0. The Morgan fingerprint density at radius 1 is 1.21 bits per heavy atom. The van der Waals surface area contributed by atoms with Gasteiger partial charge in [-0.1, -0.05) is 6.07 Å². The first-order valence-corrected chi connectivity index (χ1v) is 6.38. The number of carbonyl (C=O) groups is 1. The molecule has 2 N–H and O–H groups in total. The molecule has 0 atom stereocenters. The lowest BCUT2D eigenvalue weighted by Crippen LogP contribution is -2.13. The van der Waals surface area contributed by atoms with Gasteiger partial charge in [-0.3, -0.25) is 4.79 Å². The molecule has 1 aromatic carbocycles. The van der Waals surface area contributed by atoms with Crippen LogP contribution < -0.4 is 5.32 Å². The fourth-order valence-electron chi connectivity index (χ4n) is 1.84. The number of halogens is 1. The Morgan fingerprint density at radius 2 is 2.11 bits per heavy atom. The van der Waals surface area contributed by atoms with Crippen molar-refractivity contribution >= 4 is 38.6 Å². The van der Waals surface area contributed by atoms with E-state index in [1.54, 1.807) is 12.3 Å². The number of H-pyrrole nitrogens is 1. The van der Waals surface area contributed by atoms with Crippen LogP contribution in [-0.2, 0) is 0 Å². The quantitative estimate of drug-likeness (QED) is 0.763. The molecule has 94 valence electrons. The van der Waals surface area contributed by atoms with Crippen LogP contribution in [0, 0.1) is 0 Å². The second-order valence-corrected chi connectivity index (χ2v) is 4.74. The van der Waals surface area contributed by atoms with Crippen LogP contribution in [0.5, 0.6) is 0 Å². The maximum atomic E-state index is 12.2. The van der Waals surface area contributed by atoms with Crippen LogP contribution >= 0.6 is 15.9 Å². The molecule has 6 heteroatoms. The van der Waals surface area contributed by atoms with Gasteiger partial charge >= 0.3 is 0 Å². The van der Waals surface area contributed by atoms with E-state index in [9.17, 15) is 4.79 Å². The van der Waals surface area contributed by atoms with Crippen molar-refractivity contribution in [1.29, 1.82) is 0 Å². The van der Waals surface area contributed by atoms with Gasteiger partial charge in [-0.25, -0.2) is 9.97 Å². The van der Waals surface area contributed by atoms with Crippen molar-refractivity contribution in [3.05, 3.63) is 53.0 Å². The largest absolute Gasteiger partial charge is 0.361 e. The molecular formula is C13H9BrN4O. The minimum Gasteiger partial charge on any atom is -0.361 e. The maximum absolute atomic E-state index is 12.2. The molecule has 0 fully saturated rings. The smallest absolute Gasteiger partial charge is 0.257 e. The zero-order valence-corrected chi connectivity index (χ0v) is 11.3.